The predicted molar refractivity (Wildman–Crippen MR) is 84.4 cm³/mol. The number of hydrogen-bond acceptors (Lipinski definition) is 6. The molecule has 10 heteroatoms. The van der Waals surface area contributed by atoms with Gasteiger partial charge in [-0.05, 0) is 18.2 Å². The molecule has 0 amide bonds. The average molecular weight is 373 g/mol. The van der Waals surface area contributed by atoms with Crippen LogP contribution in [0.1, 0.15) is 18.2 Å². The second-order valence-corrected chi connectivity index (χ2v) is 7.05. The molecule has 0 spiro atoms. The van der Waals surface area contributed by atoms with Gasteiger partial charge in [-0.2, -0.15) is 13.2 Å². The van der Waals surface area contributed by atoms with Gasteiger partial charge < -0.3 is 4.74 Å². The van der Waals surface area contributed by atoms with Gasteiger partial charge in [0.15, 0.2) is 9.84 Å². The maximum Gasteiger partial charge on any atom is 0.417 e. The molecule has 2 aromatic rings. The molecule has 0 N–H and O–H groups in total. The third-order valence-corrected chi connectivity index (χ3v) is 4.92. The molecule has 0 aliphatic heterocycles. The molecule has 2 aromatic heterocycles. The molecule has 6 nitrogen and oxygen atoms in total. The highest BCUT2D eigenvalue weighted by molar-refractivity contribution is 7.91. The molecule has 2 rings (SSSR count). The standard InChI is InChI=1S/C15H14F3N3O3S/c1-3-25(22,23)12-5-4-6-20-13(12)14(24-2)21-11-7-10(8-19-9-11)15(16,17)18/h4-9H,3H2,1-2H3. The topological polar surface area (TPSA) is 81.5 Å². The summed E-state index contributed by atoms with van der Waals surface area (Å²) in [5.41, 5.74) is -1.20. The van der Waals surface area contributed by atoms with E-state index in [1.807, 2.05) is 0 Å². The van der Waals surface area contributed by atoms with Crippen molar-refractivity contribution < 1.29 is 26.3 Å². The largest absolute Gasteiger partial charge is 0.479 e. The van der Waals surface area contributed by atoms with Crippen molar-refractivity contribution in [3.8, 4) is 0 Å². The molecule has 0 saturated heterocycles. The van der Waals surface area contributed by atoms with E-state index in [0.29, 0.717) is 6.20 Å². The van der Waals surface area contributed by atoms with Gasteiger partial charge in [0.05, 0.1) is 35.2 Å². The average Bonchev–Trinajstić information content (AvgIpc) is 2.59. The zero-order valence-corrected chi connectivity index (χ0v) is 14.1. The van der Waals surface area contributed by atoms with Crippen LogP contribution in [-0.4, -0.2) is 37.1 Å². The molecule has 0 aromatic carbocycles. The molecule has 25 heavy (non-hydrogen) atoms. The van der Waals surface area contributed by atoms with Crippen LogP contribution in [0.2, 0.25) is 0 Å². The number of aromatic nitrogens is 2. The Bertz CT molecular complexity index is 896. The van der Waals surface area contributed by atoms with E-state index in [2.05, 4.69) is 15.0 Å². The SMILES string of the molecule is CCS(=O)(=O)c1cccnc1C(=Nc1cncc(C(F)(F)F)c1)OC. The molecule has 134 valence electrons. The summed E-state index contributed by atoms with van der Waals surface area (Å²) in [5.74, 6) is -0.401. The van der Waals surface area contributed by atoms with Gasteiger partial charge in [-0.1, -0.05) is 6.92 Å². The monoisotopic (exact) mass is 373 g/mol. The highest BCUT2D eigenvalue weighted by Gasteiger charge is 2.31. The second kappa shape index (κ2) is 7.18. The van der Waals surface area contributed by atoms with Gasteiger partial charge in [-0.3, -0.25) is 4.98 Å². The summed E-state index contributed by atoms with van der Waals surface area (Å²) in [4.78, 5) is 11.3. The first kappa shape index (κ1) is 18.8. The van der Waals surface area contributed by atoms with E-state index in [0.717, 1.165) is 12.3 Å². The summed E-state index contributed by atoms with van der Waals surface area (Å²) in [5, 5.41) is 0. The molecular weight excluding hydrogens is 359 g/mol. The minimum absolute atomic E-state index is 0.0794. The zero-order valence-electron chi connectivity index (χ0n) is 13.3. The zero-order chi connectivity index (χ0) is 18.7. The Morgan fingerprint density at radius 3 is 2.64 bits per heavy atom. The molecule has 0 aliphatic rings. The van der Waals surface area contributed by atoms with Crippen LogP contribution in [0.15, 0.2) is 46.7 Å². The van der Waals surface area contributed by atoms with E-state index in [-0.39, 0.29) is 27.9 Å². The van der Waals surface area contributed by atoms with E-state index in [1.165, 1.54) is 32.4 Å². The molecule has 0 unspecified atom stereocenters. The minimum atomic E-state index is -4.58. The highest BCUT2D eigenvalue weighted by atomic mass is 32.2. The van der Waals surface area contributed by atoms with Crippen molar-refractivity contribution in [2.24, 2.45) is 4.99 Å². The molecule has 0 radical (unpaired) electrons. The highest BCUT2D eigenvalue weighted by Crippen LogP contribution is 2.31. The number of sulfone groups is 1. The first-order valence-electron chi connectivity index (χ1n) is 7.02. The smallest absolute Gasteiger partial charge is 0.417 e. The van der Waals surface area contributed by atoms with E-state index < -0.39 is 21.6 Å². The molecule has 2 heterocycles. The van der Waals surface area contributed by atoms with Crippen LogP contribution in [0.3, 0.4) is 0 Å². The summed E-state index contributed by atoms with van der Waals surface area (Å²) in [7, 11) is -2.41. The number of hydrogen-bond donors (Lipinski definition) is 0. The third kappa shape index (κ3) is 4.32. The van der Waals surface area contributed by atoms with Gasteiger partial charge in [0.25, 0.3) is 0 Å². The Labute approximate surface area is 142 Å². The normalized spacial score (nSPS) is 12.9. The van der Waals surface area contributed by atoms with Gasteiger partial charge in [0, 0.05) is 12.4 Å². The lowest BCUT2D eigenvalue weighted by molar-refractivity contribution is -0.137. The van der Waals surface area contributed by atoms with Crippen LogP contribution >= 0.6 is 0 Å². The quantitative estimate of drug-likeness (QED) is 0.608. The number of alkyl halides is 3. The lowest BCUT2D eigenvalue weighted by atomic mass is 10.2. The fraction of sp³-hybridized carbons (Fsp3) is 0.267. The predicted octanol–water partition coefficient (Wildman–Crippen LogP) is 3.01. The van der Waals surface area contributed by atoms with E-state index in [4.69, 9.17) is 4.74 Å². The Morgan fingerprint density at radius 1 is 1.32 bits per heavy atom. The van der Waals surface area contributed by atoms with Crippen LogP contribution in [0, 0.1) is 0 Å². The summed E-state index contributed by atoms with van der Waals surface area (Å²) in [6, 6.07) is 3.55. The fourth-order valence-corrected chi connectivity index (χ4v) is 2.95. The number of ether oxygens (including phenoxy) is 1. The third-order valence-electron chi connectivity index (χ3n) is 3.16. The van der Waals surface area contributed by atoms with Crippen LogP contribution in [0.4, 0.5) is 18.9 Å². The van der Waals surface area contributed by atoms with E-state index >= 15 is 0 Å². The fourth-order valence-electron chi connectivity index (χ4n) is 1.91. The van der Waals surface area contributed by atoms with Crippen molar-refractivity contribution in [3.63, 3.8) is 0 Å². The van der Waals surface area contributed by atoms with Crippen LogP contribution in [0.25, 0.3) is 0 Å². The van der Waals surface area contributed by atoms with E-state index in [1.54, 1.807) is 0 Å². The Morgan fingerprint density at radius 2 is 2.04 bits per heavy atom. The first-order valence-corrected chi connectivity index (χ1v) is 8.67. The van der Waals surface area contributed by atoms with Crippen molar-refractivity contribution in [2.45, 2.75) is 18.0 Å². The number of aliphatic imine (C=N–C) groups is 1. The summed E-state index contributed by atoms with van der Waals surface area (Å²) >= 11 is 0. The Balaban J connectivity index is 2.57. The summed E-state index contributed by atoms with van der Waals surface area (Å²) in [6.07, 6.45) is -1.47. The number of methoxy groups -OCH3 is 1. The second-order valence-electron chi connectivity index (χ2n) is 4.80. The maximum atomic E-state index is 12.8. The number of nitrogens with zero attached hydrogens (tertiary/aromatic N) is 3. The van der Waals surface area contributed by atoms with Crippen LogP contribution < -0.4 is 0 Å². The summed E-state index contributed by atoms with van der Waals surface area (Å²) < 4.78 is 67.7. The Hall–Kier alpha value is -2.49. The van der Waals surface area contributed by atoms with Crippen molar-refractivity contribution in [1.29, 1.82) is 0 Å². The van der Waals surface area contributed by atoms with Crippen molar-refractivity contribution in [2.75, 3.05) is 12.9 Å². The van der Waals surface area contributed by atoms with Crippen LogP contribution in [0.5, 0.6) is 0 Å². The number of pyridine rings is 2. The van der Waals surface area contributed by atoms with Crippen molar-refractivity contribution in [1.82, 2.24) is 9.97 Å². The van der Waals surface area contributed by atoms with E-state index in [9.17, 15) is 21.6 Å². The lowest BCUT2D eigenvalue weighted by Gasteiger charge is -2.10. The molecular formula is C15H14F3N3O3S. The van der Waals surface area contributed by atoms with Gasteiger partial charge in [-0.25, -0.2) is 18.4 Å². The number of rotatable bonds is 4. The van der Waals surface area contributed by atoms with Gasteiger partial charge in [0.1, 0.15) is 5.69 Å². The molecule has 0 atom stereocenters. The Kier molecular flexibility index (Phi) is 5.41. The molecule has 0 fully saturated rings. The maximum absolute atomic E-state index is 12.8. The summed E-state index contributed by atoms with van der Waals surface area (Å²) in [6.45, 7) is 1.46. The van der Waals surface area contributed by atoms with Crippen LogP contribution in [-0.2, 0) is 20.8 Å². The van der Waals surface area contributed by atoms with Crippen molar-refractivity contribution in [3.05, 3.63) is 48.0 Å². The first-order chi connectivity index (χ1) is 11.7. The van der Waals surface area contributed by atoms with Gasteiger partial charge >= 0.3 is 6.18 Å². The lowest BCUT2D eigenvalue weighted by Crippen LogP contribution is -2.15. The molecule has 0 aliphatic carbocycles. The van der Waals surface area contributed by atoms with Crippen molar-refractivity contribution >= 4 is 21.4 Å². The van der Waals surface area contributed by atoms with Gasteiger partial charge in [-0.15, -0.1) is 0 Å². The number of halogens is 3. The molecule has 0 bridgehead atoms. The van der Waals surface area contributed by atoms with Gasteiger partial charge in [0.2, 0.25) is 5.90 Å². The minimum Gasteiger partial charge on any atom is -0.479 e. The molecule has 0 saturated carbocycles.